The number of anilines is 1. The van der Waals surface area contributed by atoms with Gasteiger partial charge in [0.05, 0.1) is 0 Å². The summed E-state index contributed by atoms with van der Waals surface area (Å²) >= 11 is 0. The second-order valence-electron chi connectivity index (χ2n) is 5.63. The van der Waals surface area contributed by atoms with Gasteiger partial charge in [-0.2, -0.15) is 0 Å². The van der Waals surface area contributed by atoms with E-state index in [0.29, 0.717) is 23.8 Å². The van der Waals surface area contributed by atoms with Gasteiger partial charge >= 0.3 is 0 Å². The van der Waals surface area contributed by atoms with Crippen LogP contribution in [0.5, 0.6) is 0 Å². The molecule has 20 heavy (non-hydrogen) atoms. The molecule has 0 spiro atoms. The number of rotatable bonds is 3. The quantitative estimate of drug-likeness (QED) is 0.815. The molecule has 5 heteroatoms. The standard InChI is InChI=1S/C15H19N3O2/c16-11-6-5-10-8-18(15(20)13(10)7-11)9-14(19)17-12-3-1-2-4-12/h5-7,12H,1-4,8-9,16H2,(H,17,19). The van der Waals surface area contributed by atoms with Crippen molar-refractivity contribution in [2.75, 3.05) is 12.3 Å². The van der Waals surface area contributed by atoms with Gasteiger partial charge in [0, 0.05) is 23.8 Å². The summed E-state index contributed by atoms with van der Waals surface area (Å²) in [5, 5.41) is 3.01. The van der Waals surface area contributed by atoms with Crippen LogP contribution in [0.3, 0.4) is 0 Å². The lowest BCUT2D eigenvalue weighted by molar-refractivity contribution is -0.122. The third-order valence-electron chi connectivity index (χ3n) is 4.07. The molecule has 0 saturated heterocycles. The maximum Gasteiger partial charge on any atom is 0.255 e. The fourth-order valence-corrected chi connectivity index (χ4v) is 3.02. The first-order valence-electron chi connectivity index (χ1n) is 7.10. The van der Waals surface area contributed by atoms with E-state index in [1.54, 1.807) is 17.0 Å². The number of carbonyl (C=O) groups excluding carboxylic acids is 2. The molecule has 1 aromatic rings. The molecular formula is C15H19N3O2. The smallest absolute Gasteiger partial charge is 0.255 e. The van der Waals surface area contributed by atoms with Crippen molar-refractivity contribution in [1.29, 1.82) is 0 Å². The van der Waals surface area contributed by atoms with Crippen LogP contribution in [-0.4, -0.2) is 29.3 Å². The highest BCUT2D eigenvalue weighted by Gasteiger charge is 2.29. The zero-order valence-electron chi connectivity index (χ0n) is 11.4. The highest BCUT2D eigenvalue weighted by atomic mass is 16.2. The van der Waals surface area contributed by atoms with Crippen LogP contribution in [0.25, 0.3) is 0 Å². The maximum absolute atomic E-state index is 12.2. The van der Waals surface area contributed by atoms with E-state index in [0.717, 1.165) is 18.4 Å². The molecule has 2 amide bonds. The Morgan fingerprint density at radius 1 is 1.35 bits per heavy atom. The molecule has 0 atom stereocenters. The summed E-state index contributed by atoms with van der Waals surface area (Å²) in [6, 6.07) is 5.62. The highest BCUT2D eigenvalue weighted by molar-refractivity contribution is 6.00. The van der Waals surface area contributed by atoms with Crippen molar-refractivity contribution >= 4 is 17.5 Å². The minimum Gasteiger partial charge on any atom is -0.399 e. The zero-order valence-corrected chi connectivity index (χ0v) is 11.4. The van der Waals surface area contributed by atoms with Crippen molar-refractivity contribution in [3.8, 4) is 0 Å². The van der Waals surface area contributed by atoms with E-state index in [2.05, 4.69) is 5.32 Å². The molecular weight excluding hydrogens is 254 g/mol. The van der Waals surface area contributed by atoms with Gasteiger partial charge in [0.25, 0.3) is 5.91 Å². The summed E-state index contributed by atoms with van der Waals surface area (Å²) in [6.45, 7) is 0.621. The zero-order chi connectivity index (χ0) is 14.1. The molecule has 1 saturated carbocycles. The van der Waals surface area contributed by atoms with E-state index in [9.17, 15) is 9.59 Å². The second-order valence-corrected chi connectivity index (χ2v) is 5.63. The van der Waals surface area contributed by atoms with E-state index in [1.165, 1.54) is 12.8 Å². The molecule has 1 heterocycles. The average molecular weight is 273 g/mol. The summed E-state index contributed by atoms with van der Waals surface area (Å²) in [5.41, 5.74) is 7.84. The van der Waals surface area contributed by atoms with Crippen molar-refractivity contribution in [2.24, 2.45) is 0 Å². The van der Waals surface area contributed by atoms with Gasteiger partial charge in [-0.3, -0.25) is 9.59 Å². The van der Waals surface area contributed by atoms with Crippen molar-refractivity contribution < 1.29 is 9.59 Å². The Morgan fingerprint density at radius 2 is 2.10 bits per heavy atom. The molecule has 2 aliphatic rings. The van der Waals surface area contributed by atoms with E-state index in [-0.39, 0.29) is 18.4 Å². The number of nitrogen functional groups attached to an aromatic ring is 1. The average Bonchev–Trinajstić information content (AvgIpc) is 3.00. The maximum atomic E-state index is 12.2. The van der Waals surface area contributed by atoms with Crippen LogP contribution < -0.4 is 11.1 Å². The van der Waals surface area contributed by atoms with Crippen LogP contribution in [0, 0.1) is 0 Å². The molecule has 0 aromatic heterocycles. The summed E-state index contributed by atoms with van der Waals surface area (Å²) in [6.07, 6.45) is 4.46. The molecule has 5 nitrogen and oxygen atoms in total. The molecule has 1 aliphatic heterocycles. The van der Waals surface area contributed by atoms with E-state index in [1.807, 2.05) is 6.07 Å². The highest BCUT2D eigenvalue weighted by Crippen LogP contribution is 2.24. The van der Waals surface area contributed by atoms with Crippen molar-refractivity contribution in [3.63, 3.8) is 0 Å². The number of amides is 2. The molecule has 1 aromatic carbocycles. The van der Waals surface area contributed by atoms with Gasteiger partial charge in [0.15, 0.2) is 0 Å². The number of carbonyl (C=O) groups is 2. The number of benzene rings is 1. The lowest BCUT2D eigenvalue weighted by Gasteiger charge is -2.17. The summed E-state index contributed by atoms with van der Waals surface area (Å²) < 4.78 is 0. The Morgan fingerprint density at radius 3 is 2.85 bits per heavy atom. The van der Waals surface area contributed by atoms with Gasteiger partial charge < -0.3 is 16.0 Å². The molecule has 3 rings (SSSR count). The van der Waals surface area contributed by atoms with Gasteiger partial charge in [-0.15, -0.1) is 0 Å². The molecule has 1 fully saturated rings. The largest absolute Gasteiger partial charge is 0.399 e. The summed E-state index contributed by atoms with van der Waals surface area (Å²) in [4.78, 5) is 25.8. The molecule has 1 aliphatic carbocycles. The summed E-state index contributed by atoms with van der Waals surface area (Å²) in [7, 11) is 0. The minimum atomic E-state index is -0.103. The lowest BCUT2D eigenvalue weighted by Crippen LogP contribution is -2.41. The van der Waals surface area contributed by atoms with Crippen molar-refractivity contribution in [3.05, 3.63) is 29.3 Å². The molecule has 3 N–H and O–H groups in total. The van der Waals surface area contributed by atoms with Crippen LogP contribution in [0.2, 0.25) is 0 Å². The van der Waals surface area contributed by atoms with Crippen LogP contribution in [0.4, 0.5) is 5.69 Å². The number of nitrogens with zero attached hydrogens (tertiary/aromatic N) is 1. The van der Waals surface area contributed by atoms with Gasteiger partial charge in [-0.05, 0) is 30.5 Å². The van der Waals surface area contributed by atoms with Gasteiger partial charge in [-0.1, -0.05) is 18.9 Å². The van der Waals surface area contributed by atoms with E-state index in [4.69, 9.17) is 5.73 Å². The van der Waals surface area contributed by atoms with Crippen LogP contribution in [0.15, 0.2) is 18.2 Å². The number of fused-ring (bicyclic) bond motifs is 1. The Balaban J connectivity index is 1.62. The van der Waals surface area contributed by atoms with E-state index < -0.39 is 0 Å². The molecule has 0 unspecified atom stereocenters. The number of nitrogens with one attached hydrogen (secondary N) is 1. The molecule has 0 bridgehead atoms. The Bertz CT molecular complexity index is 550. The first kappa shape index (κ1) is 13.0. The predicted octanol–water partition coefficient (Wildman–Crippen LogP) is 1.28. The monoisotopic (exact) mass is 273 g/mol. The molecule has 0 radical (unpaired) electrons. The Labute approximate surface area is 118 Å². The van der Waals surface area contributed by atoms with Crippen molar-refractivity contribution in [1.82, 2.24) is 10.2 Å². The van der Waals surface area contributed by atoms with E-state index >= 15 is 0 Å². The van der Waals surface area contributed by atoms with Gasteiger partial charge in [-0.25, -0.2) is 0 Å². The first-order valence-corrected chi connectivity index (χ1v) is 7.10. The SMILES string of the molecule is Nc1ccc2c(c1)C(=O)N(CC(=O)NC1CCCC1)C2. The first-order chi connectivity index (χ1) is 9.63. The second kappa shape index (κ2) is 5.15. The predicted molar refractivity (Wildman–Crippen MR) is 76.0 cm³/mol. The van der Waals surface area contributed by atoms with Crippen LogP contribution in [0.1, 0.15) is 41.6 Å². The Kier molecular flexibility index (Phi) is 3.34. The normalized spacial score (nSPS) is 18.4. The van der Waals surface area contributed by atoms with Crippen molar-refractivity contribution in [2.45, 2.75) is 38.3 Å². The molecule has 106 valence electrons. The van der Waals surface area contributed by atoms with Gasteiger partial charge in [0.1, 0.15) is 6.54 Å². The third-order valence-corrected chi connectivity index (χ3v) is 4.07. The topological polar surface area (TPSA) is 75.4 Å². The van der Waals surface area contributed by atoms with Crippen LogP contribution >= 0.6 is 0 Å². The fraction of sp³-hybridized carbons (Fsp3) is 0.467. The summed E-state index contributed by atoms with van der Waals surface area (Å²) in [5.74, 6) is -0.167. The number of nitrogens with two attached hydrogens (primary N) is 1. The third kappa shape index (κ3) is 2.48. The number of hydrogen-bond donors (Lipinski definition) is 2. The number of hydrogen-bond acceptors (Lipinski definition) is 3. The lowest BCUT2D eigenvalue weighted by atomic mass is 10.1. The fourth-order valence-electron chi connectivity index (χ4n) is 3.02. The van der Waals surface area contributed by atoms with Gasteiger partial charge in [0.2, 0.25) is 5.91 Å². The van der Waals surface area contributed by atoms with Crippen LogP contribution in [-0.2, 0) is 11.3 Å². The Hall–Kier alpha value is -2.04. The minimum absolute atomic E-state index is 0.0639.